The third-order valence-corrected chi connectivity index (χ3v) is 6.88. The van der Waals surface area contributed by atoms with Crippen molar-refractivity contribution in [1.82, 2.24) is 0 Å². The molecular formula is C20H12Cl2N2O4S2. The van der Waals surface area contributed by atoms with Gasteiger partial charge in [0, 0.05) is 5.56 Å². The van der Waals surface area contributed by atoms with Crippen LogP contribution in [0, 0.1) is 0 Å². The Balaban J connectivity index is 1.84. The lowest BCUT2D eigenvalue weighted by molar-refractivity contribution is -0.139. The lowest BCUT2D eigenvalue weighted by Gasteiger charge is -2.21. The Bertz CT molecular complexity index is 1180. The van der Waals surface area contributed by atoms with E-state index in [9.17, 15) is 19.5 Å². The summed E-state index contributed by atoms with van der Waals surface area (Å²) in [6.45, 7) is 1.42. The van der Waals surface area contributed by atoms with E-state index in [1.807, 2.05) is 0 Å². The van der Waals surface area contributed by atoms with Crippen molar-refractivity contribution in [2.24, 2.45) is 0 Å². The summed E-state index contributed by atoms with van der Waals surface area (Å²) in [6.07, 6.45) is 0. The number of aliphatic carboxylic acids is 1. The van der Waals surface area contributed by atoms with Crippen LogP contribution in [0.5, 0.6) is 0 Å². The number of anilines is 2. The van der Waals surface area contributed by atoms with E-state index in [0.29, 0.717) is 22.0 Å². The summed E-state index contributed by atoms with van der Waals surface area (Å²) in [4.78, 5) is 40.6. The van der Waals surface area contributed by atoms with Gasteiger partial charge in [-0.05, 0) is 31.2 Å². The van der Waals surface area contributed by atoms with Gasteiger partial charge in [0.05, 0.1) is 31.9 Å². The third kappa shape index (κ3) is 3.20. The molecule has 1 fully saturated rings. The van der Waals surface area contributed by atoms with Crippen molar-refractivity contribution < 1.29 is 19.5 Å². The smallest absolute Gasteiger partial charge is 0.326 e. The average Bonchev–Trinajstić information content (AvgIpc) is 3.15. The maximum atomic E-state index is 13.3. The molecule has 2 amide bonds. The monoisotopic (exact) mass is 478 g/mol. The number of halogens is 2. The molecule has 152 valence electrons. The van der Waals surface area contributed by atoms with Crippen LogP contribution in [0.15, 0.2) is 47.4 Å². The zero-order chi connectivity index (χ0) is 21.7. The highest BCUT2D eigenvalue weighted by molar-refractivity contribution is 8.27. The highest BCUT2D eigenvalue weighted by atomic mass is 35.5. The second-order valence-corrected chi connectivity index (χ2v) is 8.98. The number of rotatable bonds is 3. The number of thiocarbonyl (C=S) groups is 1. The Morgan fingerprint density at radius 1 is 1.10 bits per heavy atom. The second-order valence-electron chi connectivity index (χ2n) is 6.52. The van der Waals surface area contributed by atoms with Crippen molar-refractivity contribution in [3.63, 3.8) is 0 Å². The van der Waals surface area contributed by atoms with Crippen LogP contribution in [0.1, 0.15) is 12.5 Å². The Morgan fingerprint density at radius 3 is 2.47 bits per heavy atom. The number of thioether (sulfide) groups is 1. The summed E-state index contributed by atoms with van der Waals surface area (Å²) in [7, 11) is 0. The molecule has 0 saturated carbocycles. The minimum Gasteiger partial charge on any atom is -0.480 e. The van der Waals surface area contributed by atoms with Crippen molar-refractivity contribution in [1.29, 1.82) is 0 Å². The number of nitrogens with zero attached hydrogens (tertiary/aromatic N) is 2. The van der Waals surface area contributed by atoms with E-state index in [0.717, 1.165) is 11.8 Å². The zero-order valence-electron chi connectivity index (χ0n) is 15.3. The van der Waals surface area contributed by atoms with E-state index in [4.69, 9.17) is 35.4 Å². The molecule has 2 aliphatic heterocycles. The van der Waals surface area contributed by atoms with Gasteiger partial charge in [-0.1, -0.05) is 65.4 Å². The number of hydrogen-bond donors (Lipinski definition) is 1. The van der Waals surface area contributed by atoms with Crippen LogP contribution < -0.4 is 9.80 Å². The number of amides is 2. The molecule has 10 heteroatoms. The van der Waals surface area contributed by atoms with Gasteiger partial charge in [0.25, 0.3) is 11.8 Å². The average molecular weight is 479 g/mol. The zero-order valence-corrected chi connectivity index (χ0v) is 18.4. The maximum absolute atomic E-state index is 13.3. The number of benzene rings is 2. The molecule has 1 saturated heterocycles. The molecular weight excluding hydrogens is 467 g/mol. The molecule has 1 N–H and O–H groups in total. The van der Waals surface area contributed by atoms with E-state index in [2.05, 4.69) is 0 Å². The topological polar surface area (TPSA) is 77.9 Å². The van der Waals surface area contributed by atoms with Crippen molar-refractivity contribution in [3.05, 3.63) is 63.0 Å². The van der Waals surface area contributed by atoms with Gasteiger partial charge in [0.15, 0.2) is 4.32 Å². The predicted octanol–water partition coefficient (Wildman–Crippen LogP) is 4.59. The number of hydrogen-bond acceptors (Lipinski definition) is 5. The molecule has 6 nitrogen and oxygen atoms in total. The molecule has 0 spiro atoms. The van der Waals surface area contributed by atoms with Crippen LogP contribution in [-0.2, 0) is 14.4 Å². The van der Waals surface area contributed by atoms with Gasteiger partial charge in [-0.2, -0.15) is 0 Å². The maximum Gasteiger partial charge on any atom is 0.326 e. The predicted molar refractivity (Wildman–Crippen MR) is 122 cm³/mol. The molecule has 2 aromatic carbocycles. The van der Waals surface area contributed by atoms with Crippen molar-refractivity contribution in [3.8, 4) is 0 Å². The van der Waals surface area contributed by atoms with Gasteiger partial charge in [0.2, 0.25) is 0 Å². The molecule has 0 aliphatic carbocycles. The molecule has 4 rings (SSSR count). The van der Waals surface area contributed by atoms with E-state index in [1.165, 1.54) is 22.8 Å². The van der Waals surface area contributed by atoms with Crippen molar-refractivity contribution in [2.45, 2.75) is 13.0 Å². The van der Waals surface area contributed by atoms with E-state index in [1.54, 1.807) is 36.4 Å². The number of carbonyl (C=O) groups is 3. The van der Waals surface area contributed by atoms with Crippen LogP contribution in [0.25, 0.3) is 5.57 Å². The normalized spacial score (nSPS) is 19.5. The fraction of sp³-hybridized carbons (Fsp3) is 0.100. The first-order valence-electron chi connectivity index (χ1n) is 8.63. The quantitative estimate of drug-likeness (QED) is 0.513. The van der Waals surface area contributed by atoms with Crippen LogP contribution >= 0.6 is 47.2 Å². The van der Waals surface area contributed by atoms with Gasteiger partial charge < -0.3 is 5.11 Å². The van der Waals surface area contributed by atoms with Gasteiger partial charge in [-0.15, -0.1) is 0 Å². The summed E-state index contributed by atoms with van der Waals surface area (Å²) in [5.74, 6) is -2.19. The Morgan fingerprint density at radius 2 is 1.80 bits per heavy atom. The highest BCUT2D eigenvalue weighted by Gasteiger charge is 2.44. The fourth-order valence-electron chi connectivity index (χ4n) is 3.32. The third-order valence-electron chi connectivity index (χ3n) is 4.77. The Labute approximate surface area is 191 Å². The van der Waals surface area contributed by atoms with Crippen LogP contribution in [-0.4, -0.2) is 33.3 Å². The summed E-state index contributed by atoms with van der Waals surface area (Å²) < 4.78 is 0.232. The van der Waals surface area contributed by atoms with Gasteiger partial charge in [0.1, 0.15) is 6.04 Å². The van der Waals surface area contributed by atoms with E-state index < -0.39 is 23.8 Å². The number of carboxylic acids is 1. The largest absolute Gasteiger partial charge is 0.480 e. The molecule has 0 radical (unpaired) electrons. The number of fused-ring (bicyclic) bond motifs is 1. The summed E-state index contributed by atoms with van der Waals surface area (Å²) >= 11 is 18.4. The Kier molecular flexibility index (Phi) is 5.36. The fourth-order valence-corrected chi connectivity index (χ4v) is 4.98. The number of carbonyl (C=O) groups excluding carboxylic acids is 2. The summed E-state index contributed by atoms with van der Waals surface area (Å²) in [6, 6.07) is 10.3. The molecule has 0 bridgehead atoms. The minimum absolute atomic E-state index is 0.138. The second kappa shape index (κ2) is 7.70. The molecule has 2 aliphatic rings. The molecule has 0 aromatic heterocycles. The molecule has 1 atom stereocenters. The first-order valence-corrected chi connectivity index (χ1v) is 10.6. The molecule has 1 unspecified atom stereocenters. The molecule has 2 aromatic rings. The Hall–Kier alpha value is -2.39. The number of carboxylic acid groups (broad SMARTS) is 1. The van der Waals surface area contributed by atoms with Crippen LogP contribution in [0.2, 0.25) is 10.0 Å². The first-order chi connectivity index (χ1) is 14.2. The SMILES string of the molecule is CC(C(=O)O)N1C(=O)C(=C2SC(=S)N(c3ccc(Cl)c(Cl)c3)C2=O)c2ccccc21. The van der Waals surface area contributed by atoms with Crippen LogP contribution in [0.4, 0.5) is 11.4 Å². The first kappa shape index (κ1) is 20.9. The van der Waals surface area contributed by atoms with Crippen molar-refractivity contribution in [2.75, 3.05) is 9.80 Å². The van der Waals surface area contributed by atoms with Crippen LogP contribution in [0.3, 0.4) is 0 Å². The van der Waals surface area contributed by atoms with Gasteiger partial charge in [-0.25, -0.2) is 4.79 Å². The van der Waals surface area contributed by atoms with E-state index in [-0.39, 0.29) is 19.8 Å². The lowest BCUT2D eigenvalue weighted by Crippen LogP contribution is -2.41. The number of para-hydroxylation sites is 1. The van der Waals surface area contributed by atoms with Gasteiger partial charge >= 0.3 is 5.97 Å². The molecule has 2 heterocycles. The highest BCUT2D eigenvalue weighted by Crippen LogP contribution is 2.46. The lowest BCUT2D eigenvalue weighted by atomic mass is 10.1. The summed E-state index contributed by atoms with van der Waals surface area (Å²) in [5.41, 5.74) is 1.49. The van der Waals surface area contributed by atoms with Crippen molar-refractivity contribution >= 4 is 86.2 Å². The van der Waals surface area contributed by atoms with E-state index >= 15 is 0 Å². The minimum atomic E-state index is -1.15. The molecule has 30 heavy (non-hydrogen) atoms. The van der Waals surface area contributed by atoms with Gasteiger partial charge in [-0.3, -0.25) is 19.4 Å². The standard InChI is InChI=1S/C20H12Cl2N2O4S2/c1-9(19(27)28)23-14-5-3-2-4-11(14)15(17(23)25)16-18(26)24(20(29)30-16)10-6-7-12(21)13(22)8-10/h2-9H,1H3,(H,27,28). The summed E-state index contributed by atoms with van der Waals surface area (Å²) in [5, 5.41) is 10.0.